The summed E-state index contributed by atoms with van der Waals surface area (Å²) in [4.78, 5) is 28.7. The van der Waals surface area contributed by atoms with Gasteiger partial charge in [0.15, 0.2) is 10.7 Å². The molecule has 0 aliphatic rings. The number of amides is 1. The Kier molecular flexibility index (Phi) is 4.73. The lowest BCUT2D eigenvalue weighted by Gasteiger charge is -2.03. The van der Waals surface area contributed by atoms with Crippen molar-refractivity contribution in [3.8, 4) is 11.3 Å². The molecule has 2 aromatic carbocycles. The van der Waals surface area contributed by atoms with Crippen LogP contribution in [-0.2, 0) is 11.3 Å². The number of aromatic nitrogens is 2. The molecule has 1 amide bonds. The number of thiazole rings is 1. The van der Waals surface area contributed by atoms with Crippen LogP contribution in [0.5, 0.6) is 0 Å². The van der Waals surface area contributed by atoms with Crippen molar-refractivity contribution in [3.63, 3.8) is 0 Å². The summed E-state index contributed by atoms with van der Waals surface area (Å²) in [6, 6.07) is 12.0. The van der Waals surface area contributed by atoms with Gasteiger partial charge in [-0.25, -0.2) is 9.78 Å². The van der Waals surface area contributed by atoms with E-state index < -0.39 is 5.76 Å². The molecule has 2 heterocycles. The van der Waals surface area contributed by atoms with Gasteiger partial charge in [0.25, 0.3) is 0 Å². The number of carbonyl (C=O) groups is 1. The van der Waals surface area contributed by atoms with Gasteiger partial charge >= 0.3 is 5.76 Å². The Bertz CT molecular complexity index is 1210. The lowest BCUT2D eigenvalue weighted by molar-refractivity contribution is -0.116. The van der Waals surface area contributed by atoms with Crippen molar-refractivity contribution < 1.29 is 9.21 Å². The first kappa shape index (κ1) is 17.8. The first-order valence-corrected chi connectivity index (χ1v) is 9.44. The Balaban J connectivity index is 1.54. The minimum atomic E-state index is -0.586. The maximum absolute atomic E-state index is 12.3. The summed E-state index contributed by atoms with van der Waals surface area (Å²) in [5.74, 6) is -0.973. The van der Waals surface area contributed by atoms with E-state index in [1.165, 1.54) is 15.9 Å². The Morgan fingerprint density at radius 2 is 2.04 bits per heavy atom. The second-order valence-corrected chi connectivity index (χ2v) is 7.33. The third-order valence-electron chi connectivity index (χ3n) is 3.83. The number of anilines is 1. The van der Waals surface area contributed by atoms with Gasteiger partial charge in [0, 0.05) is 16.0 Å². The number of para-hydroxylation sites is 2. The lowest BCUT2D eigenvalue weighted by Crippen LogP contribution is -2.24. The predicted molar refractivity (Wildman–Crippen MR) is 107 cm³/mol. The first-order chi connectivity index (χ1) is 13.0. The lowest BCUT2D eigenvalue weighted by atomic mass is 10.2. The van der Waals surface area contributed by atoms with E-state index in [0.717, 1.165) is 0 Å². The van der Waals surface area contributed by atoms with Gasteiger partial charge < -0.3 is 9.73 Å². The molecule has 0 saturated heterocycles. The molecule has 136 valence electrons. The van der Waals surface area contributed by atoms with Gasteiger partial charge in [-0.2, -0.15) is 0 Å². The molecule has 2 aromatic heterocycles. The van der Waals surface area contributed by atoms with E-state index >= 15 is 0 Å². The van der Waals surface area contributed by atoms with Crippen molar-refractivity contribution in [1.29, 1.82) is 0 Å². The smallest absolute Gasteiger partial charge is 0.408 e. The highest BCUT2D eigenvalue weighted by Gasteiger charge is 2.15. The molecule has 6 nitrogen and oxygen atoms in total. The minimum Gasteiger partial charge on any atom is -0.408 e. The number of nitrogens with one attached hydrogen (secondary N) is 1. The van der Waals surface area contributed by atoms with E-state index in [1.54, 1.807) is 47.8 Å². The molecular weight excluding hydrogens is 409 g/mol. The third kappa shape index (κ3) is 3.62. The van der Waals surface area contributed by atoms with Gasteiger partial charge in [-0.15, -0.1) is 11.3 Å². The van der Waals surface area contributed by atoms with E-state index in [2.05, 4.69) is 10.3 Å². The molecule has 0 atom stereocenters. The van der Waals surface area contributed by atoms with Gasteiger partial charge in [0.1, 0.15) is 6.54 Å². The van der Waals surface area contributed by atoms with Crippen LogP contribution >= 0.6 is 34.5 Å². The van der Waals surface area contributed by atoms with E-state index in [-0.39, 0.29) is 12.5 Å². The Hall–Kier alpha value is -2.61. The van der Waals surface area contributed by atoms with Crippen LogP contribution in [0.3, 0.4) is 0 Å². The molecule has 0 spiro atoms. The van der Waals surface area contributed by atoms with Gasteiger partial charge in [-0.3, -0.25) is 9.36 Å². The summed E-state index contributed by atoms with van der Waals surface area (Å²) in [7, 11) is 0. The molecule has 0 bridgehead atoms. The van der Waals surface area contributed by atoms with E-state index in [0.29, 0.717) is 37.5 Å². The SMILES string of the molecule is O=C(Cn1c(=O)oc2ccccc21)Nc1nc(-c2cc(Cl)ccc2Cl)cs1. The van der Waals surface area contributed by atoms with Crippen molar-refractivity contribution in [2.45, 2.75) is 6.54 Å². The molecule has 0 unspecified atom stereocenters. The molecule has 0 aliphatic heterocycles. The Labute approximate surface area is 167 Å². The first-order valence-electron chi connectivity index (χ1n) is 7.80. The predicted octanol–water partition coefficient (Wildman–Crippen LogP) is 4.66. The second kappa shape index (κ2) is 7.19. The van der Waals surface area contributed by atoms with Crippen LogP contribution in [0.4, 0.5) is 5.13 Å². The fourth-order valence-electron chi connectivity index (χ4n) is 2.61. The van der Waals surface area contributed by atoms with Crippen molar-refractivity contribution in [1.82, 2.24) is 9.55 Å². The normalized spacial score (nSPS) is 11.0. The van der Waals surface area contributed by atoms with E-state index in [1.807, 2.05) is 0 Å². The third-order valence-corrected chi connectivity index (χ3v) is 5.15. The number of oxazole rings is 1. The Morgan fingerprint density at radius 1 is 1.22 bits per heavy atom. The fourth-order valence-corrected chi connectivity index (χ4v) is 3.73. The van der Waals surface area contributed by atoms with Crippen molar-refractivity contribution in [2.75, 3.05) is 5.32 Å². The zero-order chi connectivity index (χ0) is 19.0. The number of fused-ring (bicyclic) bond motifs is 1. The number of carbonyl (C=O) groups excluding carboxylic acids is 1. The van der Waals surface area contributed by atoms with Crippen LogP contribution in [0.15, 0.2) is 57.1 Å². The van der Waals surface area contributed by atoms with Gasteiger partial charge in [0.2, 0.25) is 5.91 Å². The summed E-state index contributed by atoms with van der Waals surface area (Å²) in [5.41, 5.74) is 2.28. The molecule has 0 saturated carbocycles. The van der Waals surface area contributed by atoms with Crippen molar-refractivity contribution >= 4 is 56.7 Å². The number of benzene rings is 2. The van der Waals surface area contributed by atoms with Crippen LogP contribution in [0.1, 0.15) is 0 Å². The maximum Gasteiger partial charge on any atom is 0.420 e. The zero-order valence-electron chi connectivity index (χ0n) is 13.6. The van der Waals surface area contributed by atoms with Crippen LogP contribution in [-0.4, -0.2) is 15.5 Å². The molecule has 4 aromatic rings. The van der Waals surface area contributed by atoms with Gasteiger partial charge in [-0.1, -0.05) is 35.3 Å². The maximum atomic E-state index is 12.3. The topological polar surface area (TPSA) is 77.1 Å². The highest BCUT2D eigenvalue weighted by molar-refractivity contribution is 7.14. The molecule has 1 N–H and O–H groups in total. The molecule has 4 rings (SSSR count). The van der Waals surface area contributed by atoms with Crippen molar-refractivity contribution in [2.24, 2.45) is 0 Å². The van der Waals surface area contributed by atoms with Crippen LogP contribution in [0, 0.1) is 0 Å². The number of hydrogen-bond donors (Lipinski definition) is 1. The van der Waals surface area contributed by atoms with E-state index in [9.17, 15) is 9.59 Å². The monoisotopic (exact) mass is 419 g/mol. The summed E-state index contributed by atoms with van der Waals surface area (Å²) in [6.07, 6.45) is 0. The van der Waals surface area contributed by atoms with Crippen LogP contribution in [0.2, 0.25) is 10.0 Å². The summed E-state index contributed by atoms with van der Waals surface area (Å²) in [6.45, 7) is -0.178. The summed E-state index contributed by atoms with van der Waals surface area (Å²) >= 11 is 13.4. The van der Waals surface area contributed by atoms with Crippen LogP contribution in [0.25, 0.3) is 22.4 Å². The fraction of sp³-hybridized carbons (Fsp3) is 0.0556. The molecule has 0 fully saturated rings. The van der Waals surface area contributed by atoms with Crippen molar-refractivity contribution in [3.05, 3.63) is 68.4 Å². The number of nitrogens with zero attached hydrogens (tertiary/aromatic N) is 2. The minimum absolute atomic E-state index is 0.178. The molecular formula is C18H11Cl2N3O3S. The zero-order valence-corrected chi connectivity index (χ0v) is 15.9. The Morgan fingerprint density at radius 3 is 2.89 bits per heavy atom. The molecule has 9 heteroatoms. The van der Waals surface area contributed by atoms with E-state index in [4.69, 9.17) is 27.6 Å². The summed E-state index contributed by atoms with van der Waals surface area (Å²) < 4.78 is 6.39. The standard InChI is InChI=1S/C18H11Cl2N3O3S/c19-10-5-6-12(20)11(7-10)13-9-27-17(21-13)22-16(24)8-23-14-3-1-2-4-15(14)26-18(23)25/h1-7,9H,8H2,(H,21,22,24). The highest BCUT2D eigenvalue weighted by Crippen LogP contribution is 2.32. The largest absolute Gasteiger partial charge is 0.420 e. The number of rotatable bonds is 4. The van der Waals surface area contributed by atoms with Crippen LogP contribution < -0.4 is 11.1 Å². The average molecular weight is 420 g/mol. The summed E-state index contributed by atoms with van der Waals surface area (Å²) in [5, 5.41) is 5.91. The number of hydrogen-bond acceptors (Lipinski definition) is 5. The molecule has 0 aliphatic carbocycles. The average Bonchev–Trinajstić information content (AvgIpc) is 3.22. The highest BCUT2D eigenvalue weighted by atomic mass is 35.5. The molecule has 27 heavy (non-hydrogen) atoms. The van der Waals surface area contributed by atoms with Gasteiger partial charge in [0.05, 0.1) is 16.2 Å². The molecule has 0 radical (unpaired) electrons. The second-order valence-electron chi connectivity index (χ2n) is 5.63. The van der Waals surface area contributed by atoms with Gasteiger partial charge in [-0.05, 0) is 30.3 Å². The quantitative estimate of drug-likeness (QED) is 0.521. The number of halogens is 2.